The summed E-state index contributed by atoms with van der Waals surface area (Å²) in [6.45, 7) is 3.47. The van der Waals surface area contributed by atoms with E-state index in [1.807, 2.05) is 0 Å². The van der Waals surface area contributed by atoms with Crippen molar-refractivity contribution in [3.63, 3.8) is 0 Å². The maximum atomic E-state index is 14.6. The minimum Gasteiger partial charge on any atom is -0.481 e. The molecule has 5 rings (SSSR count). The van der Waals surface area contributed by atoms with E-state index in [2.05, 4.69) is 179 Å². The molecule has 1 aliphatic heterocycles. The molecule has 5 heterocycles. The summed E-state index contributed by atoms with van der Waals surface area (Å²) in [4.78, 5) is 336. The van der Waals surface area contributed by atoms with Crippen LogP contribution in [-0.2, 0) is 136 Å². The molecule has 1 fully saturated rings. The number of aromatic nitrogens is 8. The number of carbonyl (C=O) groups excluding carboxylic acids is 20. The second-order valence-electron chi connectivity index (χ2n) is 33.6. The summed E-state index contributed by atoms with van der Waals surface area (Å²) in [6.07, 6.45) is 3.81. The highest BCUT2D eigenvalue weighted by atomic mass is 32.1. The number of nitrogens with zero attached hydrogens (tertiary/aromatic N) is 5. The molecule has 4 aromatic rings. The standard InChI is InChI=1S/C82H123N29O30S3/c1-35(2)11-44(97-75(133)54(29-143)106-74(132)51(26-112)103-72(130)49(17-62(122)123)101-78(136)63(36(3)4)108-80(138)65(39(7)115)110-76(134)55(30-144)105-66(124)37(5)83)73(131)109-64(38(6)114)79(137)107-53(28-142)67(125)91-24-59(118)89-22-57(116)88-23-58(117)90-25-60(119)96-48(16-61(120)121)71(129)104-52(27-113)81(139)111-10-8-9-56(111)77(135)100-47(14-42-20-86-33-94-42)69(127)98-45(12-40-18-84-31-92-40)68(126)99-46(13-41-19-85-32-93-41)70(128)102-50(82(140)141)15-43-21-87-34-95-43/h18-21,31-39,44-56,63-65,112-115,142-144H,8-17,22-30,83H2,1-7H3,(H,84,92)(H,85,93)(H,86,94)(H,87,95)(H,88,116)(H,89,118)(H,90,117)(H,91,125)(H,96,119)(H,97,133)(H,98,127)(H,99,126)(H,100,135)(H,101,136)(H,102,128)(H,103,130)(H,104,129)(H,105,124)(H,106,132)(H,107,137)(H,108,138)(H,109,131)(H,110,134)(H,120,121)(H,122,123)(H,140,141)/t37-,38+,39+,44-,45-,46-,47-,48-,49-,50-,51-,52-,53-,54-,55-,56-,63-,64-,65-/m0/s1. The van der Waals surface area contributed by atoms with E-state index in [1.54, 1.807) is 13.8 Å². The van der Waals surface area contributed by atoms with Crippen molar-refractivity contribution in [3.05, 3.63) is 72.9 Å². The summed E-state index contributed by atoms with van der Waals surface area (Å²) in [6, 6.07) is -28.2. The van der Waals surface area contributed by atoms with Crippen molar-refractivity contribution in [1.29, 1.82) is 0 Å². The molecule has 59 nitrogen and oxygen atoms in total. The number of likely N-dealkylation sites (tertiary alicyclic amines) is 1. The topological polar surface area (TPSA) is 907 Å². The number of imidazole rings is 4. The van der Waals surface area contributed by atoms with Gasteiger partial charge in [0.15, 0.2) is 0 Å². The van der Waals surface area contributed by atoms with Gasteiger partial charge >= 0.3 is 17.9 Å². The Kier molecular flexibility index (Phi) is 50.0. The lowest BCUT2D eigenvalue weighted by Gasteiger charge is -2.30. The Morgan fingerprint density at radius 1 is 0.368 bits per heavy atom. The molecule has 4 aromatic heterocycles. The molecule has 794 valence electrons. The lowest BCUT2D eigenvalue weighted by Crippen LogP contribution is -2.63. The smallest absolute Gasteiger partial charge is 0.326 e. The normalized spacial score (nSPS) is 16.0. The number of rotatable bonds is 62. The Labute approximate surface area is 836 Å². The van der Waals surface area contributed by atoms with Crippen molar-refractivity contribution in [2.45, 2.75) is 221 Å². The molecule has 0 unspecified atom stereocenters. The quantitative estimate of drug-likeness (QED) is 0.0183. The van der Waals surface area contributed by atoms with Crippen LogP contribution in [0.25, 0.3) is 0 Å². The average Bonchev–Trinajstić information content (AvgIpc) is 1.63. The number of thiol groups is 3. The van der Waals surface area contributed by atoms with Gasteiger partial charge in [0, 0.05) is 74.3 Å². The fourth-order valence-electron chi connectivity index (χ4n) is 13.6. The van der Waals surface area contributed by atoms with Gasteiger partial charge < -0.3 is 167 Å². The summed E-state index contributed by atoms with van der Waals surface area (Å²) in [5, 5.41) is 115. The molecule has 1 saturated heterocycles. The number of aliphatic hydroxyl groups is 4. The third kappa shape index (κ3) is 40.1. The fourth-order valence-corrected chi connectivity index (χ4v) is 14.3. The van der Waals surface area contributed by atoms with Gasteiger partial charge in [0.1, 0.15) is 96.7 Å². The number of aliphatic carboxylic acids is 3. The maximum Gasteiger partial charge on any atom is 0.326 e. The van der Waals surface area contributed by atoms with Crippen LogP contribution in [-0.4, -0.2) is 395 Å². The molecule has 0 aliphatic carbocycles. The Bertz CT molecular complexity index is 5080. The lowest BCUT2D eigenvalue weighted by molar-refractivity contribution is -0.144. The monoisotopic (exact) mass is 2090 g/mol. The van der Waals surface area contributed by atoms with Crippen LogP contribution in [0.3, 0.4) is 0 Å². The molecule has 62 heteroatoms. The molecular formula is C82H123N29O30S3. The van der Waals surface area contributed by atoms with Crippen molar-refractivity contribution in [2.24, 2.45) is 17.6 Å². The molecule has 0 aromatic carbocycles. The van der Waals surface area contributed by atoms with E-state index >= 15 is 0 Å². The summed E-state index contributed by atoms with van der Waals surface area (Å²) in [5.74, 6) is -29.3. The van der Waals surface area contributed by atoms with E-state index < -0.39 is 327 Å². The number of nitrogens with one attached hydrogen (secondary N) is 23. The molecule has 1 aliphatic rings. The van der Waals surface area contributed by atoms with Gasteiger partial charge in [-0.25, -0.2) is 24.7 Å². The number of hydrogen-bond acceptors (Lipinski definition) is 35. The first-order valence-electron chi connectivity index (χ1n) is 44.7. The van der Waals surface area contributed by atoms with Gasteiger partial charge in [0.05, 0.1) is 119 Å². The van der Waals surface area contributed by atoms with Gasteiger partial charge in [-0.1, -0.05) is 27.7 Å². The van der Waals surface area contributed by atoms with Crippen molar-refractivity contribution in [1.82, 2.24) is 146 Å². The number of nitrogens with two attached hydrogens (primary N) is 1. The van der Waals surface area contributed by atoms with E-state index in [0.29, 0.717) is 5.69 Å². The average molecular weight is 2090 g/mol. The number of amides is 20. The Morgan fingerprint density at radius 3 is 1.08 bits per heavy atom. The molecule has 0 bridgehead atoms. The van der Waals surface area contributed by atoms with E-state index in [4.69, 9.17) is 5.73 Å². The minimum absolute atomic E-state index is 0.0592. The van der Waals surface area contributed by atoms with Gasteiger partial charge in [-0.3, -0.25) is 105 Å². The Balaban J connectivity index is 1.10. The maximum absolute atomic E-state index is 14.6. The van der Waals surface area contributed by atoms with E-state index in [1.165, 1.54) is 70.9 Å². The molecule has 32 N–H and O–H groups in total. The summed E-state index contributed by atoms with van der Waals surface area (Å²) in [5.41, 5.74) is 6.56. The molecule has 20 amide bonds. The van der Waals surface area contributed by atoms with E-state index in [9.17, 15) is 146 Å². The van der Waals surface area contributed by atoms with E-state index in [-0.39, 0.29) is 74.3 Å². The lowest BCUT2D eigenvalue weighted by atomic mass is 10.0. The van der Waals surface area contributed by atoms with Gasteiger partial charge in [-0.2, -0.15) is 37.9 Å². The first-order valence-corrected chi connectivity index (χ1v) is 46.6. The predicted octanol–water partition coefficient (Wildman–Crippen LogP) is -14.8. The van der Waals surface area contributed by atoms with Crippen LogP contribution in [0.15, 0.2) is 50.1 Å². The fraction of sp³-hybridized carbons (Fsp3) is 0.573. The van der Waals surface area contributed by atoms with E-state index in [0.717, 1.165) is 18.7 Å². The Morgan fingerprint density at radius 2 is 0.681 bits per heavy atom. The van der Waals surface area contributed by atoms with Crippen LogP contribution < -0.4 is 107 Å². The molecular weight excluding hydrogens is 1970 g/mol. The van der Waals surface area contributed by atoms with Crippen LogP contribution >= 0.6 is 37.9 Å². The second-order valence-corrected chi connectivity index (χ2v) is 34.7. The summed E-state index contributed by atoms with van der Waals surface area (Å²) < 4.78 is 0. The van der Waals surface area contributed by atoms with Crippen LogP contribution in [0.1, 0.15) is 103 Å². The SMILES string of the molecule is CC(C)C[C@H](NC(=O)[C@H](CS)NC(=O)[C@H](CO)NC(=O)[C@H](CC(=O)O)NC(=O)[C@@H](NC(=O)[C@@H](NC(=O)[C@H](CS)NC(=O)[C@H](C)N)[C@@H](C)O)C(C)C)C(=O)N[C@H](C(=O)N[C@@H](CS)C(=O)NCC(=O)NCC(=O)NCC(=O)NCC(=O)N[C@@H](CC(=O)O)C(=O)N[C@@H](CO)C(=O)N1CCC[C@H]1C(=O)N[C@@H](Cc1c[nH]cn1)C(=O)N[C@@H](Cc1c[nH]cn1)C(=O)N[C@@H](Cc1c[nH]cn1)C(=O)N[C@@H](Cc1c[nH]cn1)C(=O)O)[C@@H](C)O. The Hall–Kier alpha value is -14.5. The third-order valence-corrected chi connectivity index (χ3v) is 22.3. The van der Waals surface area contributed by atoms with Gasteiger partial charge in [-0.05, 0) is 51.9 Å². The molecule has 0 radical (unpaired) electrons. The number of H-pyrrole nitrogens is 4. The van der Waals surface area contributed by atoms with Gasteiger partial charge in [0.25, 0.3) is 0 Å². The zero-order valence-electron chi connectivity index (χ0n) is 78.9. The predicted molar refractivity (Wildman–Crippen MR) is 504 cm³/mol. The third-order valence-electron chi connectivity index (χ3n) is 21.2. The van der Waals surface area contributed by atoms with Crippen LogP contribution in [0.5, 0.6) is 0 Å². The van der Waals surface area contributed by atoms with Crippen molar-refractivity contribution in [2.75, 3.05) is 63.2 Å². The first-order chi connectivity index (χ1) is 68.0. The number of carboxylic acids is 3. The number of hydrogen-bond donors (Lipinski definition) is 34. The zero-order valence-corrected chi connectivity index (χ0v) is 81.5. The van der Waals surface area contributed by atoms with Gasteiger partial charge in [0.2, 0.25) is 118 Å². The number of aliphatic hydroxyl groups excluding tert-OH is 4. The minimum atomic E-state index is -2.05. The van der Waals surface area contributed by atoms with Crippen LogP contribution in [0.4, 0.5) is 0 Å². The van der Waals surface area contributed by atoms with Crippen LogP contribution in [0, 0.1) is 11.8 Å². The van der Waals surface area contributed by atoms with Crippen molar-refractivity contribution >= 4 is 174 Å². The zero-order chi connectivity index (χ0) is 107. The van der Waals surface area contributed by atoms with Gasteiger partial charge in [-0.15, -0.1) is 0 Å². The largest absolute Gasteiger partial charge is 0.481 e. The molecule has 0 spiro atoms. The number of aromatic amines is 4. The molecule has 19 atom stereocenters. The molecule has 144 heavy (non-hydrogen) atoms. The van der Waals surface area contributed by atoms with Crippen molar-refractivity contribution in [3.8, 4) is 0 Å². The first kappa shape index (κ1) is 120. The van der Waals surface area contributed by atoms with Crippen molar-refractivity contribution < 1.29 is 146 Å². The summed E-state index contributed by atoms with van der Waals surface area (Å²) >= 11 is 12.2. The van der Waals surface area contributed by atoms with Crippen LogP contribution in [0.2, 0.25) is 0 Å². The number of carboxylic acid groups (broad SMARTS) is 3. The highest BCUT2D eigenvalue weighted by molar-refractivity contribution is 7.80. The summed E-state index contributed by atoms with van der Waals surface area (Å²) in [7, 11) is 0. The highest BCUT2D eigenvalue weighted by Crippen LogP contribution is 2.21. The number of carbonyl (C=O) groups is 23. The highest BCUT2D eigenvalue weighted by Gasteiger charge is 2.44. The molecule has 0 saturated carbocycles. The second kappa shape index (κ2) is 60.1.